The number of carbonyl (C=O) groups excluding carboxylic acids is 3. The average molecular weight is 580 g/mol. The van der Waals surface area contributed by atoms with Crippen molar-refractivity contribution >= 4 is 57.2 Å². The number of amides is 2. The molecule has 0 radical (unpaired) electrons. The normalized spacial score (nSPS) is 18.2. The second-order valence-corrected chi connectivity index (χ2v) is 11.4. The number of nitrogens with zero attached hydrogens (tertiary/aromatic N) is 3. The third-order valence-electron chi connectivity index (χ3n) is 8.20. The predicted octanol–water partition coefficient (Wildman–Crippen LogP) is 5.37. The van der Waals surface area contributed by atoms with E-state index in [1.165, 1.54) is 17.4 Å². The molecule has 8 nitrogen and oxygen atoms in total. The molecule has 2 fully saturated rings. The highest BCUT2D eigenvalue weighted by molar-refractivity contribution is 7.80. The number of piperidine rings is 1. The molecule has 1 aromatic heterocycles. The van der Waals surface area contributed by atoms with Crippen molar-refractivity contribution in [3.05, 3.63) is 96.2 Å². The quantitative estimate of drug-likeness (QED) is 0.216. The van der Waals surface area contributed by atoms with Gasteiger partial charge in [0.15, 0.2) is 10.9 Å². The summed E-state index contributed by atoms with van der Waals surface area (Å²) in [4.78, 5) is 48.2. The summed E-state index contributed by atoms with van der Waals surface area (Å²) >= 11 is 5.94. The molecule has 2 N–H and O–H groups in total. The number of fused-ring (bicyclic) bond motifs is 1. The van der Waals surface area contributed by atoms with Gasteiger partial charge in [-0.1, -0.05) is 36.4 Å². The van der Waals surface area contributed by atoms with Crippen LogP contribution in [0.2, 0.25) is 0 Å². The van der Waals surface area contributed by atoms with Crippen LogP contribution in [0.25, 0.3) is 10.9 Å². The fourth-order valence-electron chi connectivity index (χ4n) is 6.00. The van der Waals surface area contributed by atoms with Crippen LogP contribution in [0.5, 0.6) is 0 Å². The molecule has 1 atom stereocenters. The molecule has 42 heavy (non-hydrogen) atoms. The summed E-state index contributed by atoms with van der Waals surface area (Å²) in [6.45, 7) is 4.13. The Morgan fingerprint density at radius 2 is 1.71 bits per heavy atom. The number of thiocarbonyl (C=S) groups is 1. The number of nitrogens with one attached hydrogen (secondary N) is 2. The summed E-state index contributed by atoms with van der Waals surface area (Å²) in [5.74, 6) is -0.521. The molecule has 1 unspecified atom stereocenters. The molecular weight excluding hydrogens is 546 g/mol. The standard InChI is InChI=1S/C33H33N5O3S/c1-22(39)24-8-11-27(12-9-24)38-32(41)30(20-31(40)35-26-10-7-25-13-16-34-29(25)19-26)37(33(38)42)28-14-17-36(18-15-28)21-23-5-3-2-4-6-23/h2-13,16,19,28,30,34H,14-15,17-18,20-21H2,1H3,(H,35,40). The van der Waals surface area contributed by atoms with Crippen LogP contribution in [-0.4, -0.2) is 62.7 Å². The molecular formula is C33H33N5O3S. The minimum Gasteiger partial charge on any atom is -0.361 e. The predicted molar refractivity (Wildman–Crippen MR) is 168 cm³/mol. The molecule has 0 saturated carbocycles. The van der Waals surface area contributed by atoms with Crippen molar-refractivity contribution in [2.24, 2.45) is 0 Å². The molecule has 2 aliphatic rings. The van der Waals surface area contributed by atoms with Crippen LogP contribution in [0.3, 0.4) is 0 Å². The van der Waals surface area contributed by atoms with E-state index in [1.54, 1.807) is 24.3 Å². The molecule has 2 aliphatic heterocycles. The molecule has 0 spiro atoms. The Bertz CT molecular complexity index is 1630. The summed E-state index contributed by atoms with van der Waals surface area (Å²) < 4.78 is 0. The van der Waals surface area contributed by atoms with Crippen molar-refractivity contribution in [1.82, 2.24) is 14.8 Å². The minimum absolute atomic E-state index is 0.0198. The molecule has 2 amide bonds. The van der Waals surface area contributed by atoms with Crippen LogP contribution >= 0.6 is 12.2 Å². The number of H-pyrrole nitrogens is 1. The zero-order chi connectivity index (χ0) is 29.2. The lowest BCUT2D eigenvalue weighted by atomic mass is 10.00. The van der Waals surface area contributed by atoms with Crippen molar-refractivity contribution in [2.75, 3.05) is 23.3 Å². The second kappa shape index (κ2) is 11.9. The number of hydrogen-bond acceptors (Lipinski definition) is 5. The van der Waals surface area contributed by atoms with E-state index in [0.717, 1.165) is 43.4 Å². The Morgan fingerprint density at radius 1 is 0.976 bits per heavy atom. The van der Waals surface area contributed by atoms with Gasteiger partial charge in [-0.05, 0) is 85.4 Å². The lowest BCUT2D eigenvalue weighted by Gasteiger charge is -2.39. The van der Waals surface area contributed by atoms with Crippen molar-refractivity contribution in [2.45, 2.75) is 44.8 Å². The molecule has 214 valence electrons. The van der Waals surface area contributed by atoms with E-state index in [2.05, 4.69) is 39.5 Å². The molecule has 6 rings (SSSR count). The summed E-state index contributed by atoms with van der Waals surface area (Å²) in [5, 5.41) is 4.43. The van der Waals surface area contributed by atoms with Gasteiger partial charge in [0.25, 0.3) is 5.91 Å². The molecule has 2 saturated heterocycles. The van der Waals surface area contributed by atoms with E-state index in [-0.39, 0.29) is 30.1 Å². The number of likely N-dealkylation sites (tertiary alicyclic amines) is 1. The Morgan fingerprint density at radius 3 is 2.43 bits per heavy atom. The van der Waals surface area contributed by atoms with Crippen molar-refractivity contribution in [1.29, 1.82) is 0 Å². The van der Waals surface area contributed by atoms with E-state index >= 15 is 0 Å². The first kappa shape index (κ1) is 27.8. The van der Waals surface area contributed by atoms with Gasteiger partial charge in [0.1, 0.15) is 6.04 Å². The highest BCUT2D eigenvalue weighted by Gasteiger charge is 2.47. The van der Waals surface area contributed by atoms with Crippen LogP contribution in [-0.2, 0) is 16.1 Å². The second-order valence-electron chi connectivity index (χ2n) is 11.0. The monoisotopic (exact) mass is 579 g/mol. The summed E-state index contributed by atoms with van der Waals surface area (Å²) in [6.07, 6.45) is 3.50. The average Bonchev–Trinajstić information content (AvgIpc) is 3.55. The first-order chi connectivity index (χ1) is 20.4. The SMILES string of the molecule is CC(=O)c1ccc(N2C(=O)C(CC(=O)Nc3ccc4cc[nH]c4c3)N(C3CCN(Cc4ccccc4)CC3)C2=S)cc1. The van der Waals surface area contributed by atoms with Gasteiger partial charge >= 0.3 is 0 Å². The maximum atomic E-state index is 14.0. The lowest BCUT2D eigenvalue weighted by molar-refractivity contribution is -0.125. The number of benzene rings is 3. The Hall–Kier alpha value is -4.34. The fraction of sp³-hybridized carbons (Fsp3) is 0.273. The van der Waals surface area contributed by atoms with Gasteiger partial charge in [0.2, 0.25) is 5.91 Å². The zero-order valence-corrected chi connectivity index (χ0v) is 24.3. The van der Waals surface area contributed by atoms with E-state index in [4.69, 9.17) is 12.2 Å². The number of aromatic amines is 1. The molecule has 3 aromatic carbocycles. The third kappa shape index (κ3) is 5.70. The van der Waals surface area contributed by atoms with Crippen LogP contribution < -0.4 is 10.2 Å². The molecule has 4 aromatic rings. The number of ketones is 1. The third-order valence-corrected chi connectivity index (χ3v) is 8.60. The van der Waals surface area contributed by atoms with Gasteiger partial charge in [0.05, 0.1) is 12.1 Å². The van der Waals surface area contributed by atoms with Gasteiger partial charge in [-0.3, -0.25) is 24.2 Å². The van der Waals surface area contributed by atoms with E-state index in [9.17, 15) is 14.4 Å². The first-order valence-electron chi connectivity index (χ1n) is 14.3. The minimum atomic E-state index is -0.718. The number of hydrogen-bond donors (Lipinski definition) is 2. The number of anilines is 2. The van der Waals surface area contributed by atoms with E-state index in [0.29, 0.717) is 22.1 Å². The highest BCUT2D eigenvalue weighted by atomic mass is 32.1. The van der Waals surface area contributed by atoms with E-state index in [1.807, 2.05) is 41.4 Å². The van der Waals surface area contributed by atoms with Crippen molar-refractivity contribution in [3.63, 3.8) is 0 Å². The Kier molecular flexibility index (Phi) is 7.86. The zero-order valence-electron chi connectivity index (χ0n) is 23.5. The lowest BCUT2D eigenvalue weighted by Crippen LogP contribution is -2.49. The van der Waals surface area contributed by atoms with Crippen LogP contribution in [0, 0.1) is 0 Å². The van der Waals surface area contributed by atoms with Crippen LogP contribution in [0.4, 0.5) is 11.4 Å². The van der Waals surface area contributed by atoms with Crippen molar-refractivity contribution < 1.29 is 14.4 Å². The Labute approximate surface area is 250 Å². The largest absolute Gasteiger partial charge is 0.361 e. The molecule has 3 heterocycles. The van der Waals surface area contributed by atoms with Gasteiger partial charge < -0.3 is 15.2 Å². The number of carbonyl (C=O) groups is 3. The van der Waals surface area contributed by atoms with Gasteiger partial charge in [-0.15, -0.1) is 0 Å². The van der Waals surface area contributed by atoms with Crippen molar-refractivity contribution in [3.8, 4) is 0 Å². The smallest absolute Gasteiger partial charge is 0.256 e. The van der Waals surface area contributed by atoms with Gasteiger partial charge in [0, 0.05) is 48.6 Å². The molecule has 0 aliphatic carbocycles. The summed E-state index contributed by atoms with van der Waals surface area (Å²) in [7, 11) is 0. The molecule has 0 bridgehead atoms. The fourth-order valence-corrected chi connectivity index (χ4v) is 6.47. The summed E-state index contributed by atoms with van der Waals surface area (Å²) in [6, 6.07) is 24.3. The van der Waals surface area contributed by atoms with Gasteiger partial charge in [-0.2, -0.15) is 0 Å². The number of aromatic nitrogens is 1. The maximum absolute atomic E-state index is 14.0. The van der Waals surface area contributed by atoms with Gasteiger partial charge in [-0.25, -0.2) is 0 Å². The first-order valence-corrected chi connectivity index (χ1v) is 14.7. The topological polar surface area (TPSA) is 88.8 Å². The summed E-state index contributed by atoms with van der Waals surface area (Å²) in [5.41, 5.74) is 4.03. The van der Waals surface area contributed by atoms with Crippen LogP contribution in [0.15, 0.2) is 85.1 Å². The number of Topliss-reactive ketones (excluding diaryl/α,β-unsaturated/α-hetero) is 1. The maximum Gasteiger partial charge on any atom is 0.256 e. The highest BCUT2D eigenvalue weighted by Crippen LogP contribution is 2.33. The van der Waals surface area contributed by atoms with Crippen LogP contribution in [0.1, 0.15) is 42.1 Å². The Balaban J connectivity index is 1.21. The molecule has 9 heteroatoms. The number of rotatable bonds is 8. The van der Waals surface area contributed by atoms with E-state index < -0.39 is 6.04 Å².